The Balaban J connectivity index is 1.63. The molecule has 1 aromatic heterocycles. The summed E-state index contributed by atoms with van der Waals surface area (Å²) in [5.74, 6) is -0.492. The number of nitrogens with two attached hydrogens (primary N) is 1. The molecule has 1 aliphatic heterocycles. The molecule has 1 saturated heterocycles. The molecule has 0 bridgehead atoms. The van der Waals surface area contributed by atoms with Gasteiger partial charge in [-0.15, -0.1) is 0 Å². The van der Waals surface area contributed by atoms with Crippen LogP contribution in [-0.2, 0) is 11.8 Å². The number of nitrogens with zero attached hydrogens (tertiary/aromatic N) is 2. The quantitative estimate of drug-likeness (QED) is 0.858. The molecule has 3 rings (SSSR count). The van der Waals surface area contributed by atoms with Crippen LogP contribution in [0.1, 0.15) is 45.4 Å². The number of nitrogens with one attached hydrogen (secondary N) is 1. The van der Waals surface area contributed by atoms with Crippen LogP contribution in [0.25, 0.3) is 0 Å². The summed E-state index contributed by atoms with van der Waals surface area (Å²) < 4.78 is 7.75. The molecule has 1 aliphatic rings. The zero-order valence-corrected chi connectivity index (χ0v) is 14.1. The van der Waals surface area contributed by atoms with Crippen LogP contribution in [-0.4, -0.2) is 34.7 Å². The first-order chi connectivity index (χ1) is 12.1. The Kier molecular flexibility index (Phi) is 5.14. The minimum Gasteiger partial charge on any atom is -0.372 e. The fourth-order valence-corrected chi connectivity index (χ4v) is 3.15. The van der Waals surface area contributed by atoms with E-state index < -0.39 is 5.91 Å². The molecular formula is C18H22N4O3. The lowest BCUT2D eigenvalue weighted by Crippen LogP contribution is -2.35. The second kappa shape index (κ2) is 7.48. The summed E-state index contributed by atoms with van der Waals surface area (Å²) in [6.45, 7) is 1.24. The third-order valence-electron chi connectivity index (χ3n) is 4.55. The van der Waals surface area contributed by atoms with Crippen LogP contribution in [0.15, 0.2) is 36.5 Å². The van der Waals surface area contributed by atoms with Crippen molar-refractivity contribution in [3.63, 3.8) is 0 Å². The number of hydrogen-bond donors (Lipinski definition) is 2. The largest absolute Gasteiger partial charge is 0.372 e. The number of carbonyl (C=O) groups excluding carboxylic acids is 2. The van der Waals surface area contributed by atoms with Crippen molar-refractivity contribution in [3.8, 4) is 0 Å². The van der Waals surface area contributed by atoms with Crippen molar-refractivity contribution in [3.05, 3.63) is 53.3 Å². The third kappa shape index (κ3) is 3.88. The molecule has 2 aromatic rings. The normalized spacial score (nSPS) is 20.2. The number of carbonyl (C=O) groups is 2. The molecule has 0 radical (unpaired) electrons. The molecule has 132 valence electrons. The molecule has 2 amide bonds. The number of amides is 2. The molecule has 0 spiro atoms. The third-order valence-corrected chi connectivity index (χ3v) is 4.55. The van der Waals surface area contributed by atoms with E-state index in [1.54, 1.807) is 30.5 Å². The van der Waals surface area contributed by atoms with E-state index in [1.165, 1.54) is 0 Å². The van der Waals surface area contributed by atoms with Gasteiger partial charge in [0.05, 0.1) is 5.69 Å². The maximum absolute atomic E-state index is 12.3. The molecule has 3 N–H and O–H groups in total. The Hall–Kier alpha value is -2.67. The first-order valence-electron chi connectivity index (χ1n) is 8.34. The lowest BCUT2D eigenvalue weighted by atomic mass is 9.92. The van der Waals surface area contributed by atoms with Gasteiger partial charge in [-0.2, -0.15) is 5.10 Å². The van der Waals surface area contributed by atoms with E-state index in [0.717, 1.165) is 25.1 Å². The van der Waals surface area contributed by atoms with Crippen LogP contribution in [0.2, 0.25) is 0 Å². The Morgan fingerprint density at radius 1 is 1.28 bits per heavy atom. The SMILES string of the molecule is Cn1nccc1[C@@H]1OCCC[C@H]1CNC(=O)c1ccc(C(N)=O)cc1. The number of primary amides is 1. The zero-order chi connectivity index (χ0) is 17.8. The molecule has 2 heterocycles. The molecule has 7 heteroatoms. The van der Waals surface area contributed by atoms with E-state index in [9.17, 15) is 9.59 Å². The molecular weight excluding hydrogens is 320 g/mol. The highest BCUT2D eigenvalue weighted by Crippen LogP contribution is 2.32. The standard InChI is InChI=1S/C18H22N4O3/c1-22-15(8-9-21-22)16-14(3-2-10-25-16)11-20-18(24)13-6-4-12(5-7-13)17(19)23/h4-9,14,16H,2-3,10-11H2,1H3,(H2,19,23)(H,20,24)/t14-,16+/m0/s1. The highest BCUT2D eigenvalue weighted by atomic mass is 16.5. The summed E-state index contributed by atoms with van der Waals surface area (Å²) in [5, 5.41) is 7.17. The molecule has 7 nitrogen and oxygen atoms in total. The van der Waals surface area contributed by atoms with E-state index >= 15 is 0 Å². The maximum Gasteiger partial charge on any atom is 0.251 e. The van der Waals surface area contributed by atoms with Gasteiger partial charge in [0, 0.05) is 43.4 Å². The molecule has 1 aromatic carbocycles. The molecule has 0 saturated carbocycles. The van der Waals surface area contributed by atoms with Crippen molar-refractivity contribution in [2.24, 2.45) is 18.7 Å². The number of hydrogen-bond acceptors (Lipinski definition) is 4. The molecule has 0 aliphatic carbocycles. The van der Waals surface area contributed by atoms with Crippen LogP contribution in [0, 0.1) is 5.92 Å². The molecule has 2 atom stereocenters. The first-order valence-corrected chi connectivity index (χ1v) is 8.34. The molecule has 25 heavy (non-hydrogen) atoms. The second-order valence-corrected chi connectivity index (χ2v) is 6.23. The van der Waals surface area contributed by atoms with Gasteiger partial charge in [-0.05, 0) is 43.2 Å². The van der Waals surface area contributed by atoms with Crippen molar-refractivity contribution >= 4 is 11.8 Å². The second-order valence-electron chi connectivity index (χ2n) is 6.23. The number of rotatable bonds is 5. The lowest BCUT2D eigenvalue weighted by molar-refractivity contribution is -0.0317. The smallest absolute Gasteiger partial charge is 0.251 e. The highest BCUT2D eigenvalue weighted by molar-refractivity contribution is 5.97. The van der Waals surface area contributed by atoms with E-state index in [1.807, 2.05) is 17.8 Å². The zero-order valence-electron chi connectivity index (χ0n) is 14.1. The van der Waals surface area contributed by atoms with Crippen LogP contribution in [0.3, 0.4) is 0 Å². The monoisotopic (exact) mass is 342 g/mol. The Morgan fingerprint density at radius 3 is 2.64 bits per heavy atom. The van der Waals surface area contributed by atoms with Crippen molar-refractivity contribution in [2.45, 2.75) is 18.9 Å². The van der Waals surface area contributed by atoms with Crippen molar-refractivity contribution in [2.75, 3.05) is 13.2 Å². The van der Waals surface area contributed by atoms with E-state index in [2.05, 4.69) is 10.4 Å². The minimum atomic E-state index is -0.509. The summed E-state index contributed by atoms with van der Waals surface area (Å²) in [6.07, 6.45) is 3.64. The average molecular weight is 342 g/mol. The Bertz CT molecular complexity index is 754. The number of aromatic nitrogens is 2. The van der Waals surface area contributed by atoms with Crippen molar-refractivity contribution in [1.82, 2.24) is 15.1 Å². The lowest BCUT2D eigenvalue weighted by Gasteiger charge is -2.32. The predicted molar refractivity (Wildman–Crippen MR) is 91.9 cm³/mol. The van der Waals surface area contributed by atoms with Gasteiger partial charge in [0.1, 0.15) is 6.10 Å². The molecule has 0 unspecified atom stereocenters. The topological polar surface area (TPSA) is 99.2 Å². The maximum atomic E-state index is 12.3. The Morgan fingerprint density at radius 2 is 2.00 bits per heavy atom. The van der Waals surface area contributed by atoms with E-state index in [0.29, 0.717) is 17.7 Å². The van der Waals surface area contributed by atoms with Crippen LogP contribution < -0.4 is 11.1 Å². The van der Waals surface area contributed by atoms with Crippen molar-refractivity contribution < 1.29 is 14.3 Å². The number of aryl methyl sites for hydroxylation is 1. The molecule has 1 fully saturated rings. The van der Waals surface area contributed by atoms with Crippen LogP contribution in [0.4, 0.5) is 0 Å². The predicted octanol–water partition coefficient (Wildman–Crippen LogP) is 1.42. The van der Waals surface area contributed by atoms with Crippen LogP contribution in [0.5, 0.6) is 0 Å². The summed E-state index contributed by atoms with van der Waals surface area (Å²) >= 11 is 0. The van der Waals surface area contributed by atoms with Crippen molar-refractivity contribution in [1.29, 1.82) is 0 Å². The first kappa shape index (κ1) is 17.2. The fraction of sp³-hybridized carbons (Fsp3) is 0.389. The van der Waals surface area contributed by atoms with Gasteiger partial charge in [-0.25, -0.2) is 0 Å². The average Bonchev–Trinajstić information content (AvgIpc) is 3.05. The van der Waals surface area contributed by atoms with Gasteiger partial charge in [0.25, 0.3) is 5.91 Å². The summed E-state index contributed by atoms with van der Waals surface area (Å²) in [7, 11) is 1.89. The summed E-state index contributed by atoms with van der Waals surface area (Å²) in [5.41, 5.74) is 7.11. The minimum absolute atomic E-state index is 0.0706. The van der Waals surface area contributed by atoms with Gasteiger partial charge in [0.15, 0.2) is 0 Å². The van der Waals surface area contributed by atoms with E-state index in [-0.39, 0.29) is 17.9 Å². The Labute approximate surface area is 146 Å². The summed E-state index contributed by atoms with van der Waals surface area (Å²) in [6, 6.07) is 8.27. The van der Waals surface area contributed by atoms with Gasteiger partial charge in [-0.3, -0.25) is 14.3 Å². The number of ether oxygens (including phenoxy) is 1. The number of benzene rings is 1. The van der Waals surface area contributed by atoms with Gasteiger partial charge in [-0.1, -0.05) is 0 Å². The van der Waals surface area contributed by atoms with E-state index in [4.69, 9.17) is 10.5 Å². The summed E-state index contributed by atoms with van der Waals surface area (Å²) in [4.78, 5) is 23.4. The highest BCUT2D eigenvalue weighted by Gasteiger charge is 2.29. The fourth-order valence-electron chi connectivity index (χ4n) is 3.15. The van der Waals surface area contributed by atoms with Gasteiger partial charge < -0.3 is 15.8 Å². The van der Waals surface area contributed by atoms with Gasteiger partial charge >= 0.3 is 0 Å². The van der Waals surface area contributed by atoms with Crippen LogP contribution >= 0.6 is 0 Å². The van der Waals surface area contributed by atoms with Gasteiger partial charge in [0.2, 0.25) is 5.91 Å².